The summed E-state index contributed by atoms with van der Waals surface area (Å²) < 4.78 is 0. The van der Waals surface area contributed by atoms with Gasteiger partial charge in [0.2, 0.25) is 0 Å². The quantitative estimate of drug-likeness (QED) is 0.371. The molecule has 4 nitrogen and oxygen atoms in total. The van der Waals surface area contributed by atoms with E-state index in [0.717, 1.165) is 17.7 Å². The number of aryl methyl sites for hydroxylation is 1. The van der Waals surface area contributed by atoms with Gasteiger partial charge in [-0.2, -0.15) is 0 Å². The maximum absolute atomic E-state index is 8.76. The van der Waals surface area contributed by atoms with Gasteiger partial charge in [0, 0.05) is 23.8 Å². The lowest BCUT2D eigenvalue weighted by atomic mass is 10.1. The van der Waals surface area contributed by atoms with Crippen LogP contribution in [0, 0.1) is 12.8 Å². The highest BCUT2D eigenvalue weighted by atomic mass is 16.4. The number of hydrogen-bond acceptors (Lipinski definition) is 3. The molecule has 1 saturated carbocycles. The van der Waals surface area contributed by atoms with Crippen molar-refractivity contribution >= 4 is 11.5 Å². The number of nitrogens with zero attached hydrogens (tertiary/aromatic N) is 2. The highest BCUT2D eigenvalue weighted by molar-refractivity contribution is 5.98. The standard InChI is InChI=1S/C15H23N3O/c1-10(2)9-18(12-4-5-12)13-6-7-14(11(3)8-13)15(16)17-19/h6-8,10,12,19H,4-5,9H2,1-3H3,(H2,16,17). The molecule has 0 atom stereocenters. The van der Waals surface area contributed by atoms with Gasteiger partial charge in [0.1, 0.15) is 0 Å². The van der Waals surface area contributed by atoms with Crippen molar-refractivity contribution in [3.05, 3.63) is 29.3 Å². The van der Waals surface area contributed by atoms with Gasteiger partial charge in [-0.1, -0.05) is 19.0 Å². The average Bonchev–Trinajstić information content (AvgIpc) is 3.19. The van der Waals surface area contributed by atoms with E-state index in [1.165, 1.54) is 18.5 Å². The molecule has 0 bridgehead atoms. The molecule has 0 amide bonds. The van der Waals surface area contributed by atoms with Gasteiger partial charge in [0.25, 0.3) is 0 Å². The summed E-state index contributed by atoms with van der Waals surface area (Å²) in [5.74, 6) is 0.815. The lowest BCUT2D eigenvalue weighted by molar-refractivity contribution is 0.318. The van der Waals surface area contributed by atoms with Gasteiger partial charge in [0.05, 0.1) is 0 Å². The topological polar surface area (TPSA) is 61.8 Å². The average molecular weight is 261 g/mol. The molecule has 0 aromatic heterocycles. The fourth-order valence-electron chi connectivity index (χ4n) is 2.41. The minimum Gasteiger partial charge on any atom is -0.409 e. The molecular weight excluding hydrogens is 238 g/mol. The molecule has 1 aromatic carbocycles. The molecule has 3 N–H and O–H groups in total. The van der Waals surface area contributed by atoms with Gasteiger partial charge < -0.3 is 15.8 Å². The van der Waals surface area contributed by atoms with Crippen molar-refractivity contribution in [1.82, 2.24) is 0 Å². The van der Waals surface area contributed by atoms with Crippen LogP contribution in [0.3, 0.4) is 0 Å². The second-order valence-corrected chi connectivity index (χ2v) is 5.76. The van der Waals surface area contributed by atoms with E-state index >= 15 is 0 Å². The Bertz CT molecular complexity index is 478. The molecule has 0 radical (unpaired) electrons. The second-order valence-electron chi connectivity index (χ2n) is 5.76. The lowest BCUT2D eigenvalue weighted by Crippen LogP contribution is -2.30. The molecule has 1 aliphatic carbocycles. The van der Waals surface area contributed by atoms with Crippen LogP contribution in [0.2, 0.25) is 0 Å². The Kier molecular flexibility index (Phi) is 3.98. The summed E-state index contributed by atoms with van der Waals surface area (Å²) in [6.07, 6.45) is 2.57. The van der Waals surface area contributed by atoms with Gasteiger partial charge in [-0.05, 0) is 49.4 Å². The zero-order valence-corrected chi connectivity index (χ0v) is 11.9. The van der Waals surface area contributed by atoms with E-state index < -0.39 is 0 Å². The van der Waals surface area contributed by atoms with Gasteiger partial charge in [-0.15, -0.1) is 0 Å². The van der Waals surface area contributed by atoms with Crippen molar-refractivity contribution in [2.75, 3.05) is 11.4 Å². The minimum atomic E-state index is 0.172. The van der Waals surface area contributed by atoms with Crippen LogP contribution in [0.25, 0.3) is 0 Å². The van der Waals surface area contributed by atoms with Crippen LogP contribution in [0.5, 0.6) is 0 Å². The van der Waals surface area contributed by atoms with Gasteiger partial charge in [0.15, 0.2) is 5.84 Å². The molecule has 4 heteroatoms. The maximum Gasteiger partial charge on any atom is 0.170 e. The molecule has 0 saturated heterocycles. The van der Waals surface area contributed by atoms with E-state index in [9.17, 15) is 0 Å². The van der Waals surface area contributed by atoms with Gasteiger partial charge in [-0.3, -0.25) is 0 Å². The number of oxime groups is 1. The lowest BCUT2D eigenvalue weighted by Gasteiger charge is -2.27. The molecule has 19 heavy (non-hydrogen) atoms. The third-order valence-electron chi connectivity index (χ3n) is 3.47. The zero-order chi connectivity index (χ0) is 14.0. The molecule has 0 unspecified atom stereocenters. The highest BCUT2D eigenvalue weighted by Gasteiger charge is 2.29. The van der Waals surface area contributed by atoms with Crippen LogP contribution in [0.15, 0.2) is 23.4 Å². The first-order valence-electron chi connectivity index (χ1n) is 6.88. The first-order chi connectivity index (χ1) is 9.02. The Balaban J connectivity index is 2.26. The first-order valence-corrected chi connectivity index (χ1v) is 6.88. The van der Waals surface area contributed by atoms with Crippen molar-refractivity contribution in [2.24, 2.45) is 16.8 Å². The maximum atomic E-state index is 8.76. The van der Waals surface area contributed by atoms with Crippen LogP contribution in [0.4, 0.5) is 5.69 Å². The SMILES string of the molecule is Cc1cc(N(CC(C)C)C2CC2)ccc1/C(N)=N/O. The van der Waals surface area contributed by atoms with Crippen LogP contribution in [-0.2, 0) is 0 Å². The number of hydrogen-bond donors (Lipinski definition) is 2. The summed E-state index contributed by atoms with van der Waals surface area (Å²) in [7, 11) is 0. The van der Waals surface area contributed by atoms with E-state index in [1.54, 1.807) is 0 Å². The Morgan fingerprint density at radius 1 is 1.47 bits per heavy atom. The number of anilines is 1. The fraction of sp³-hybridized carbons (Fsp3) is 0.533. The van der Waals surface area contributed by atoms with Crippen molar-refractivity contribution in [2.45, 2.75) is 39.7 Å². The number of benzene rings is 1. The fourth-order valence-corrected chi connectivity index (χ4v) is 2.41. The minimum absolute atomic E-state index is 0.172. The third-order valence-corrected chi connectivity index (χ3v) is 3.47. The first kappa shape index (κ1) is 13.7. The molecule has 0 heterocycles. The van der Waals surface area contributed by atoms with Crippen LogP contribution in [0.1, 0.15) is 37.8 Å². The predicted molar refractivity (Wildman–Crippen MR) is 78.9 cm³/mol. The molecule has 0 spiro atoms. The summed E-state index contributed by atoms with van der Waals surface area (Å²) >= 11 is 0. The predicted octanol–water partition coefficient (Wildman–Crippen LogP) is 2.71. The van der Waals surface area contributed by atoms with Crippen molar-refractivity contribution in [1.29, 1.82) is 0 Å². The number of amidine groups is 1. The molecule has 2 rings (SSSR count). The second kappa shape index (κ2) is 5.51. The Morgan fingerprint density at radius 3 is 2.63 bits per heavy atom. The van der Waals surface area contributed by atoms with Gasteiger partial charge >= 0.3 is 0 Å². The zero-order valence-electron chi connectivity index (χ0n) is 11.9. The molecule has 1 aliphatic rings. The van der Waals surface area contributed by atoms with Crippen molar-refractivity contribution < 1.29 is 5.21 Å². The van der Waals surface area contributed by atoms with E-state index in [0.29, 0.717) is 12.0 Å². The molecule has 1 aromatic rings. The molecule has 0 aliphatic heterocycles. The van der Waals surface area contributed by atoms with E-state index in [1.807, 2.05) is 13.0 Å². The van der Waals surface area contributed by atoms with E-state index in [4.69, 9.17) is 10.9 Å². The van der Waals surface area contributed by atoms with E-state index in [2.05, 4.69) is 36.0 Å². The molecule has 1 fully saturated rings. The largest absolute Gasteiger partial charge is 0.409 e. The van der Waals surface area contributed by atoms with E-state index in [-0.39, 0.29) is 5.84 Å². The third kappa shape index (κ3) is 3.19. The van der Waals surface area contributed by atoms with Crippen molar-refractivity contribution in [3.63, 3.8) is 0 Å². The summed E-state index contributed by atoms with van der Waals surface area (Å²) in [5, 5.41) is 11.8. The van der Waals surface area contributed by atoms with Crippen molar-refractivity contribution in [3.8, 4) is 0 Å². The van der Waals surface area contributed by atoms with Gasteiger partial charge in [-0.25, -0.2) is 0 Å². The highest BCUT2D eigenvalue weighted by Crippen LogP contribution is 2.33. The monoisotopic (exact) mass is 261 g/mol. The summed E-state index contributed by atoms with van der Waals surface area (Å²) in [6, 6.07) is 6.83. The summed E-state index contributed by atoms with van der Waals surface area (Å²) in [4.78, 5) is 2.48. The van der Waals surface area contributed by atoms with Crippen LogP contribution in [-0.4, -0.2) is 23.6 Å². The Morgan fingerprint density at radius 2 is 2.16 bits per heavy atom. The number of rotatable bonds is 5. The number of nitrogens with two attached hydrogens (primary N) is 1. The smallest absolute Gasteiger partial charge is 0.170 e. The van der Waals surface area contributed by atoms with Crippen LogP contribution >= 0.6 is 0 Å². The normalized spacial score (nSPS) is 15.9. The summed E-state index contributed by atoms with van der Waals surface area (Å²) in [5.41, 5.74) is 8.74. The Hall–Kier alpha value is -1.71. The summed E-state index contributed by atoms with van der Waals surface area (Å²) in [6.45, 7) is 7.56. The molecule has 104 valence electrons. The molecular formula is C15H23N3O. The van der Waals surface area contributed by atoms with Crippen LogP contribution < -0.4 is 10.6 Å². The Labute approximate surface area is 114 Å².